The van der Waals surface area contributed by atoms with Crippen molar-refractivity contribution in [1.29, 1.82) is 0 Å². The van der Waals surface area contributed by atoms with Crippen molar-refractivity contribution in [3.63, 3.8) is 0 Å². The van der Waals surface area contributed by atoms with Crippen LogP contribution in [0.1, 0.15) is 28.6 Å². The molecule has 0 saturated heterocycles. The maximum atomic E-state index is 11.2. The van der Waals surface area contributed by atoms with Crippen LogP contribution < -0.4 is 0 Å². The number of aromatic nitrogens is 1. The minimum absolute atomic E-state index is 0.304. The largest absolute Gasteiger partial charge is 0.465 e. The molecular weight excluding hydrogens is 290 g/mol. The Morgan fingerprint density at radius 2 is 2.24 bits per heavy atom. The predicted octanol–water partition coefficient (Wildman–Crippen LogP) is 1.05. The minimum atomic E-state index is -1.06. The van der Waals surface area contributed by atoms with Crippen LogP contribution in [-0.2, 0) is 4.74 Å². The number of aliphatic hydroxyl groups is 2. The van der Waals surface area contributed by atoms with Gasteiger partial charge in [-0.1, -0.05) is 15.9 Å². The third-order valence-corrected chi connectivity index (χ3v) is 2.74. The van der Waals surface area contributed by atoms with Gasteiger partial charge in [-0.25, -0.2) is 4.79 Å². The number of methoxy groups -OCH3 is 1. The van der Waals surface area contributed by atoms with Gasteiger partial charge in [0.1, 0.15) is 6.10 Å². The fraction of sp³-hybridized carbons (Fsp3) is 0.455. The lowest BCUT2D eigenvalue weighted by Crippen LogP contribution is -2.19. The average Bonchev–Trinajstić information content (AvgIpc) is 2.37. The molecule has 1 heterocycles. The first kappa shape index (κ1) is 14.1. The fourth-order valence-corrected chi connectivity index (χ4v) is 1.75. The Hall–Kier alpha value is -0.980. The van der Waals surface area contributed by atoms with E-state index in [0.717, 1.165) is 0 Å². The van der Waals surface area contributed by atoms with Gasteiger partial charge in [-0.2, -0.15) is 0 Å². The summed E-state index contributed by atoms with van der Waals surface area (Å²) in [6, 6.07) is 2.99. The van der Waals surface area contributed by atoms with Crippen molar-refractivity contribution in [3.05, 3.63) is 29.6 Å². The van der Waals surface area contributed by atoms with Crippen molar-refractivity contribution < 1.29 is 19.7 Å². The molecule has 2 N–H and O–H groups in total. The van der Waals surface area contributed by atoms with E-state index >= 15 is 0 Å². The quantitative estimate of drug-likeness (QED) is 0.628. The van der Waals surface area contributed by atoms with E-state index in [1.807, 2.05) is 0 Å². The lowest BCUT2D eigenvalue weighted by atomic mass is 10.1. The number of nitrogens with zero attached hydrogens (tertiary/aromatic N) is 1. The second-order valence-electron chi connectivity index (χ2n) is 3.45. The number of halogens is 1. The molecule has 1 aromatic heterocycles. The van der Waals surface area contributed by atoms with Crippen LogP contribution in [0.3, 0.4) is 0 Å². The highest BCUT2D eigenvalue weighted by Gasteiger charge is 2.19. The van der Waals surface area contributed by atoms with E-state index in [1.54, 1.807) is 0 Å². The highest BCUT2D eigenvalue weighted by Crippen LogP contribution is 2.17. The second kappa shape index (κ2) is 6.68. The molecule has 0 spiro atoms. The highest BCUT2D eigenvalue weighted by molar-refractivity contribution is 9.09. The van der Waals surface area contributed by atoms with Crippen molar-refractivity contribution in [3.8, 4) is 0 Å². The number of carbonyl (C=O) groups is 1. The van der Waals surface area contributed by atoms with Crippen LogP contribution in [-0.4, -0.2) is 39.7 Å². The zero-order valence-electron chi connectivity index (χ0n) is 9.34. The standard InChI is InChI=1S/C11H14BrNO4/c1-17-11(16)7-2-3-8(13-6-7)10(15)9(14)4-5-12/h2-3,6,9-10,14-15H,4-5H2,1H3. The van der Waals surface area contributed by atoms with Crippen LogP contribution in [0.25, 0.3) is 0 Å². The highest BCUT2D eigenvalue weighted by atomic mass is 79.9. The summed E-state index contributed by atoms with van der Waals surface area (Å²) < 4.78 is 4.53. The van der Waals surface area contributed by atoms with Gasteiger partial charge in [0.05, 0.1) is 24.5 Å². The van der Waals surface area contributed by atoms with Crippen LogP contribution in [0, 0.1) is 0 Å². The maximum Gasteiger partial charge on any atom is 0.339 e. The number of hydrogen-bond acceptors (Lipinski definition) is 5. The Morgan fingerprint density at radius 1 is 1.53 bits per heavy atom. The summed E-state index contributed by atoms with van der Waals surface area (Å²) in [5.74, 6) is -0.487. The number of rotatable bonds is 5. The van der Waals surface area contributed by atoms with E-state index in [2.05, 4.69) is 25.7 Å². The molecule has 0 aromatic carbocycles. The minimum Gasteiger partial charge on any atom is -0.465 e. The summed E-state index contributed by atoms with van der Waals surface area (Å²) in [4.78, 5) is 15.1. The van der Waals surface area contributed by atoms with Crippen LogP contribution in [0.4, 0.5) is 0 Å². The first-order chi connectivity index (χ1) is 8.10. The summed E-state index contributed by atoms with van der Waals surface area (Å²) in [5.41, 5.74) is 0.629. The molecule has 0 aliphatic rings. The van der Waals surface area contributed by atoms with Crippen molar-refractivity contribution in [1.82, 2.24) is 4.98 Å². The normalized spacial score (nSPS) is 14.1. The third-order valence-electron chi connectivity index (χ3n) is 2.28. The zero-order valence-corrected chi connectivity index (χ0v) is 10.9. The summed E-state index contributed by atoms with van der Waals surface area (Å²) in [6.45, 7) is 0. The van der Waals surface area contributed by atoms with Crippen molar-refractivity contribution in [2.75, 3.05) is 12.4 Å². The smallest absolute Gasteiger partial charge is 0.339 e. The monoisotopic (exact) mass is 303 g/mol. The molecular formula is C11H14BrNO4. The van der Waals surface area contributed by atoms with Gasteiger partial charge in [0.15, 0.2) is 0 Å². The van der Waals surface area contributed by atoms with E-state index in [1.165, 1.54) is 25.4 Å². The predicted molar refractivity (Wildman–Crippen MR) is 65.0 cm³/mol. The fourth-order valence-electron chi connectivity index (χ4n) is 1.29. The van der Waals surface area contributed by atoms with Crippen molar-refractivity contribution in [2.24, 2.45) is 0 Å². The summed E-state index contributed by atoms with van der Waals surface area (Å²) in [5, 5.41) is 19.9. The second-order valence-corrected chi connectivity index (χ2v) is 4.25. The number of alkyl halides is 1. The first-order valence-electron chi connectivity index (χ1n) is 5.06. The molecule has 17 heavy (non-hydrogen) atoms. The molecule has 0 bridgehead atoms. The van der Waals surface area contributed by atoms with E-state index in [9.17, 15) is 15.0 Å². The van der Waals surface area contributed by atoms with Gasteiger partial charge in [0.25, 0.3) is 0 Å². The maximum absolute atomic E-state index is 11.2. The number of aliphatic hydroxyl groups excluding tert-OH is 2. The Morgan fingerprint density at radius 3 is 2.71 bits per heavy atom. The average molecular weight is 304 g/mol. The molecule has 0 radical (unpaired) electrons. The third kappa shape index (κ3) is 3.76. The van der Waals surface area contributed by atoms with Gasteiger partial charge in [0, 0.05) is 11.5 Å². The molecule has 5 nitrogen and oxygen atoms in total. The first-order valence-corrected chi connectivity index (χ1v) is 6.18. The van der Waals surface area contributed by atoms with Gasteiger partial charge in [-0.3, -0.25) is 4.98 Å². The molecule has 0 fully saturated rings. The number of ether oxygens (including phenoxy) is 1. The molecule has 0 aliphatic heterocycles. The number of hydrogen-bond donors (Lipinski definition) is 2. The molecule has 2 atom stereocenters. The van der Waals surface area contributed by atoms with E-state index < -0.39 is 18.2 Å². The molecule has 0 amide bonds. The van der Waals surface area contributed by atoms with Crippen LogP contribution in [0.15, 0.2) is 18.3 Å². The molecule has 94 valence electrons. The molecule has 1 aromatic rings. The zero-order chi connectivity index (χ0) is 12.8. The number of carbonyl (C=O) groups excluding carboxylic acids is 1. The van der Waals surface area contributed by atoms with Crippen molar-refractivity contribution >= 4 is 21.9 Å². The van der Waals surface area contributed by atoms with Crippen molar-refractivity contribution in [2.45, 2.75) is 18.6 Å². The molecule has 6 heteroatoms. The Labute approximate surface area is 108 Å². The topological polar surface area (TPSA) is 79.7 Å². The van der Waals surface area contributed by atoms with Gasteiger partial charge in [0.2, 0.25) is 0 Å². The van der Waals surface area contributed by atoms with Gasteiger partial charge in [-0.05, 0) is 18.6 Å². The van der Waals surface area contributed by atoms with Crippen LogP contribution >= 0.6 is 15.9 Å². The number of esters is 1. The SMILES string of the molecule is COC(=O)c1ccc(C(O)C(O)CCBr)nc1. The van der Waals surface area contributed by atoms with Gasteiger partial charge >= 0.3 is 5.97 Å². The van der Waals surface area contributed by atoms with E-state index in [4.69, 9.17) is 0 Å². The molecule has 0 saturated carbocycles. The van der Waals surface area contributed by atoms with Gasteiger partial charge in [-0.15, -0.1) is 0 Å². The summed E-state index contributed by atoms with van der Waals surface area (Å²) in [6.07, 6.45) is -0.211. The van der Waals surface area contributed by atoms with E-state index in [0.29, 0.717) is 23.0 Å². The Bertz CT molecular complexity index is 368. The molecule has 0 aliphatic carbocycles. The lowest BCUT2D eigenvalue weighted by Gasteiger charge is -2.16. The molecule has 2 unspecified atom stereocenters. The summed E-state index contributed by atoms with van der Waals surface area (Å²) >= 11 is 3.18. The Balaban J connectivity index is 2.76. The van der Waals surface area contributed by atoms with Crippen LogP contribution in [0.2, 0.25) is 0 Å². The summed E-state index contributed by atoms with van der Waals surface area (Å²) in [7, 11) is 1.28. The van der Waals surface area contributed by atoms with Gasteiger partial charge < -0.3 is 14.9 Å². The lowest BCUT2D eigenvalue weighted by molar-refractivity contribution is 0.0148. The number of pyridine rings is 1. The Kier molecular flexibility index (Phi) is 5.54. The van der Waals surface area contributed by atoms with Crippen LogP contribution in [0.5, 0.6) is 0 Å². The van der Waals surface area contributed by atoms with E-state index in [-0.39, 0.29) is 0 Å². The molecule has 1 rings (SSSR count).